The molecule has 1 nitrogen and oxygen atoms in total. The Balaban J connectivity index is 2.46. The number of rotatable bonds is 5. The van der Waals surface area contributed by atoms with Crippen molar-refractivity contribution in [2.45, 2.75) is 26.2 Å². The van der Waals surface area contributed by atoms with Crippen molar-refractivity contribution in [3.05, 3.63) is 59.7 Å². The van der Waals surface area contributed by atoms with Crippen molar-refractivity contribution in [2.75, 3.05) is 0 Å². The zero-order valence-electron chi connectivity index (χ0n) is 10.7. The van der Waals surface area contributed by atoms with Crippen molar-refractivity contribution in [3.8, 4) is 11.1 Å². The molecule has 0 amide bonds. The average Bonchev–Trinajstić information content (AvgIpc) is 2.45. The first kappa shape index (κ1) is 12.6. The smallest absolute Gasteiger partial charge is 0.150 e. The van der Waals surface area contributed by atoms with Crippen LogP contribution in [0.2, 0.25) is 0 Å². The monoisotopic (exact) mass is 238 g/mol. The third-order valence-corrected chi connectivity index (χ3v) is 3.19. The van der Waals surface area contributed by atoms with Gasteiger partial charge in [0.05, 0.1) is 0 Å². The van der Waals surface area contributed by atoms with E-state index in [4.69, 9.17) is 0 Å². The fourth-order valence-electron chi connectivity index (χ4n) is 2.21. The van der Waals surface area contributed by atoms with Crippen LogP contribution in [0.15, 0.2) is 48.5 Å². The third-order valence-electron chi connectivity index (χ3n) is 3.19. The van der Waals surface area contributed by atoms with Gasteiger partial charge in [0.15, 0.2) is 6.29 Å². The number of carbonyl (C=O) groups excluding carboxylic acids is 1. The third kappa shape index (κ3) is 2.67. The zero-order chi connectivity index (χ0) is 12.8. The van der Waals surface area contributed by atoms with Crippen molar-refractivity contribution in [3.63, 3.8) is 0 Å². The lowest BCUT2D eigenvalue weighted by Crippen LogP contribution is -1.93. The summed E-state index contributed by atoms with van der Waals surface area (Å²) in [6.45, 7) is 2.20. The fourth-order valence-corrected chi connectivity index (χ4v) is 2.21. The van der Waals surface area contributed by atoms with E-state index in [0.29, 0.717) is 0 Å². The van der Waals surface area contributed by atoms with Gasteiger partial charge in [0.2, 0.25) is 0 Å². The summed E-state index contributed by atoms with van der Waals surface area (Å²) < 4.78 is 0. The Labute approximate surface area is 108 Å². The summed E-state index contributed by atoms with van der Waals surface area (Å²) >= 11 is 0. The Hall–Kier alpha value is -1.89. The topological polar surface area (TPSA) is 17.1 Å². The van der Waals surface area contributed by atoms with Crippen LogP contribution in [0.25, 0.3) is 11.1 Å². The molecule has 0 aliphatic carbocycles. The van der Waals surface area contributed by atoms with Crippen LogP contribution in [0.5, 0.6) is 0 Å². The molecule has 0 unspecified atom stereocenters. The molecule has 0 spiro atoms. The Bertz CT molecular complexity index is 529. The van der Waals surface area contributed by atoms with Gasteiger partial charge >= 0.3 is 0 Å². The second-order valence-electron chi connectivity index (χ2n) is 4.47. The van der Waals surface area contributed by atoms with Crippen molar-refractivity contribution in [1.29, 1.82) is 0 Å². The lowest BCUT2D eigenvalue weighted by molar-refractivity contribution is 0.112. The second kappa shape index (κ2) is 6.15. The van der Waals surface area contributed by atoms with E-state index in [1.165, 1.54) is 24.0 Å². The van der Waals surface area contributed by atoms with Gasteiger partial charge in [-0.2, -0.15) is 0 Å². The minimum absolute atomic E-state index is 0.765. The molecule has 0 atom stereocenters. The Morgan fingerprint density at radius 1 is 0.944 bits per heavy atom. The van der Waals surface area contributed by atoms with Gasteiger partial charge in [-0.05, 0) is 29.5 Å². The molecule has 2 aromatic rings. The van der Waals surface area contributed by atoms with Crippen LogP contribution in [0.3, 0.4) is 0 Å². The van der Waals surface area contributed by atoms with Gasteiger partial charge in [0, 0.05) is 5.56 Å². The van der Waals surface area contributed by atoms with Gasteiger partial charge in [-0.25, -0.2) is 0 Å². The molecule has 0 fully saturated rings. The van der Waals surface area contributed by atoms with E-state index in [1.54, 1.807) is 0 Å². The van der Waals surface area contributed by atoms with Gasteiger partial charge in [-0.15, -0.1) is 0 Å². The Kier molecular flexibility index (Phi) is 4.30. The molecular formula is C17H18O. The van der Waals surface area contributed by atoms with Crippen LogP contribution >= 0.6 is 0 Å². The minimum Gasteiger partial charge on any atom is -0.298 e. The SMILES string of the molecule is CCCCc1ccccc1-c1ccccc1C=O. The quantitative estimate of drug-likeness (QED) is 0.700. The molecule has 0 aromatic heterocycles. The van der Waals surface area contributed by atoms with Crippen molar-refractivity contribution < 1.29 is 4.79 Å². The highest BCUT2D eigenvalue weighted by molar-refractivity contribution is 5.88. The van der Waals surface area contributed by atoms with Crippen molar-refractivity contribution in [2.24, 2.45) is 0 Å². The van der Waals surface area contributed by atoms with E-state index < -0.39 is 0 Å². The van der Waals surface area contributed by atoms with Crippen molar-refractivity contribution in [1.82, 2.24) is 0 Å². The Morgan fingerprint density at radius 3 is 2.33 bits per heavy atom. The number of carbonyl (C=O) groups is 1. The highest BCUT2D eigenvalue weighted by atomic mass is 16.1. The summed E-state index contributed by atoms with van der Waals surface area (Å²) in [5.41, 5.74) is 4.32. The van der Waals surface area contributed by atoms with Crippen molar-refractivity contribution >= 4 is 6.29 Å². The fraction of sp³-hybridized carbons (Fsp3) is 0.235. The van der Waals surface area contributed by atoms with Crippen LogP contribution in [-0.2, 0) is 6.42 Å². The van der Waals surface area contributed by atoms with Gasteiger partial charge in [0.25, 0.3) is 0 Å². The summed E-state index contributed by atoms with van der Waals surface area (Å²) in [6, 6.07) is 16.2. The Morgan fingerprint density at radius 2 is 1.61 bits per heavy atom. The highest BCUT2D eigenvalue weighted by Gasteiger charge is 2.07. The van der Waals surface area contributed by atoms with Gasteiger partial charge in [0.1, 0.15) is 0 Å². The summed E-state index contributed by atoms with van der Waals surface area (Å²) in [5.74, 6) is 0. The maximum absolute atomic E-state index is 11.1. The molecule has 0 heterocycles. The predicted molar refractivity (Wildman–Crippen MR) is 75.9 cm³/mol. The van der Waals surface area contributed by atoms with E-state index >= 15 is 0 Å². The second-order valence-corrected chi connectivity index (χ2v) is 4.47. The van der Waals surface area contributed by atoms with E-state index in [-0.39, 0.29) is 0 Å². The molecule has 0 bridgehead atoms. The minimum atomic E-state index is 0.765. The van der Waals surface area contributed by atoms with Gasteiger partial charge in [-0.1, -0.05) is 61.9 Å². The van der Waals surface area contributed by atoms with Crippen LogP contribution in [0, 0.1) is 0 Å². The predicted octanol–water partition coefficient (Wildman–Crippen LogP) is 4.51. The van der Waals surface area contributed by atoms with E-state index in [1.807, 2.05) is 30.3 Å². The summed E-state index contributed by atoms with van der Waals surface area (Å²) in [4.78, 5) is 11.1. The molecule has 18 heavy (non-hydrogen) atoms. The highest BCUT2D eigenvalue weighted by Crippen LogP contribution is 2.27. The lowest BCUT2D eigenvalue weighted by atomic mass is 9.93. The van der Waals surface area contributed by atoms with Crippen LogP contribution in [0.1, 0.15) is 35.7 Å². The molecule has 0 aliphatic rings. The van der Waals surface area contributed by atoms with Gasteiger partial charge in [-0.3, -0.25) is 4.79 Å². The van der Waals surface area contributed by atoms with Crippen LogP contribution in [0.4, 0.5) is 0 Å². The van der Waals surface area contributed by atoms with Crippen LogP contribution in [-0.4, -0.2) is 6.29 Å². The molecule has 0 saturated heterocycles. The first-order valence-corrected chi connectivity index (χ1v) is 6.49. The molecular weight excluding hydrogens is 220 g/mol. The number of unbranched alkanes of at least 4 members (excludes halogenated alkanes) is 1. The first-order valence-electron chi connectivity index (χ1n) is 6.49. The molecule has 0 radical (unpaired) electrons. The number of hydrogen-bond acceptors (Lipinski definition) is 1. The molecule has 92 valence electrons. The summed E-state index contributed by atoms with van der Waals surface area (Å²) in [7, 11) is 0. The molecule has 0 saturated carbocycles. The molecule has 2 aromatic carbocycles. The van der Waals surface area contributed by atoms with Crippen LogP contribution < -0.4 is 0 Å². The zero-order valence-corrected chi connectivity index (χ0v) is 10.7. The molecule has 0 N–H and O–H groups in total. The standard InChI is InChI=1S/C17H18O/c1-2-3-8-14-9-4-6-11-16(14)17-12-7-5-10-15(17)13-18/h4-7,9-13H,2-3,8H2,1H3. The number of aldehydes is 1. The molecule has 2 rings (SSSR count). The number of hydrogen-bond donors (Lipinski definition) is 0. The molecule has 1 heteroatoms. The number of benzene rings is 2. The van der Waals surface area contributed by atoms with E-state index in [0.717, 1.165) is 23.8 Å². The van der Waals surface area contributed by atoms with E-state index in [9.17, 15) is 4.79 Å². The average molecular weight is 238 g/mol. The maximum Gasteiger partial charge on any atom is 0.150 e. The molecule has 0 aliphatic heterocycles. The maximum atomic E-state index is 11.1. The largest absolute Gasteiger partial charge is 0.298 e. The summed E-state index contributed by atoms with van der Waals surface area (Å²) in [6.07, 6.45) is 4.37. The lowest BCUT2D eigenvalue weighted by Gasteiger charge is -2.11. The summed E-state index contributed by atoms with van der Waals surface area (Å²) in [5, 5.41) is 0. The normalized spacial score (nSPS) is 10.3. The first-order chi connectivity index (χ1) is 8.86. The van der Waals surface area contributed by atoms with E-state index in [2.05, 4.69) is 25.1 Å². The number of aryl methyl sites for hydroxylation is 1. The van der Waals surface area contributed by atoms with Gasteiger partial charge < -0.3 is 0 Å².